The fourth-order valence-corrected chi connectivity index (χ4v) is 5.81. The maximum Gasteiger partial charge on any atom is 0.337 e. The Balaban J connectivity index is 1.79. The highest BCUT2D eigenvalue weighted by atomic mass is 16.5. The Kier molecular flexibility index (Phi) is 3.21. The van der Waals surface area contributed by atoms with E-state index in [0.29, 0.717) is 5.56 Å². The Morgan fingerprint density at radius 3 is 2.14 bits per heavy atom. The standard InChI is InChI=1S/C19H24O3/c1-21-17-4-3-15(18(20)22-2)8-16(17)19-9-12-5-13(10-19)7-14(6-12)11-19/h3-4,8,12-14H,5-7,9-11H2,1-2H3. The summed E-state index contributed by atoms with van der Waals surface area (Å²) in [5.74, 6) is 3.30. The predicted molar refractivity (Wildman–Crippen MR) is 84.2 cm³/mol. The third kappa shape index (κ3) is 2.05. The van der Waals surface area contributed by atoms with Crippen LogP contribution in [0.15, 0.2) is 18.2 Å². The maximum absolute atomic E-state index is 11.9. The Hall–Kier alpha value is -1.51. The largest absolute Gasteiger partial charge is 0.496 e. The molecular formula is C19H24O3. The number of ether oxygens (including phenoxy) is 2. The third-order valence-corrected chi connectivity index (χ3v) is 6.23. The van der Waals surface area contributed by atoms with Crippen LogP contribution in [-0.2, 0) is 10.2 Å². The number of benzene rings is 1. The van der Waals surface area contributed by atoms with Crippen molar-refractivity contribution in [3.05, 3.63) is 29.3 Å². The number of rotatable bonds is 3. The summed E-state index contributed by atoms with van der Waals surface area (Å²) >= 11 is 0. The van der Waals surface area contributed by atoms with Crippen LogP contribution in [0.5, 0.6) is 5.75 Å². The summed E-state index contributed by atoms with van der Waals surface area (Å²) in [5, 5.41) is 0. The van der Waals surface area contributed by atoms with Crippen molar-refractivity contribution in [1.82, 2.24) is 0 Å². The van der Waals surface area contributed by atoms with E-state index in [4.69, 9.17) is 9.47 Å². The molecule has 3 heteroatoms. The molecule has 4 aliphatic carbocycles. The van der Waals surface area contributed by atoms with Crippen LogP contribution in [0.4, 0.5) is 0 Å². The smallest absolute Gasteiger partial charge is 0.337 e. The first kappa shape index (κ1) is 14.1. The lowest BCUT2D eigenvalue weighted by Gasteiger charge is -2.57. The molecule has 0 heterocycles. The molecule has 0 atom stereocenters. The van der Waals surface area contributed by atoms with Crippen molar-refractivity contribution in [2.24, 2.45) is 17.8 Å². The summed E-state index contributed by atoms with van der Waals surface area (Å²) in [4.78, 5) is 11.9. The molecule has 1 aromatic rings. The van der Waals surface area contributed by atoms with Crippen LogP contribution in [-0.4, -0.2) is 20.2 Å². The van der Waals surface area contributed by atoms with Crippen LogP contribution < -0.4 is 4.74 Å². The second-order valence-electron chi connectivity index (χ2n) is 7.60. The van der Waals surface area contributed by atoms with Crippen LogP contribution in [0.3, 0.4) is 0 Å². The van der Waals surface area contributed by atoms with Crippen molar-refractivity contribution in [1.29, 1.82) is 0 Å². The zero-order valence-electron chi connectivity index (χ0n) is 13.4. The number of carbonyl (C=O) groups excluding carboxylic acids is 1. The first-order chi connectivity index (χ1) is 10.6. The lowest BCUT2D eigenvalue weighted by Crippen LogP contribution is -2.48. The highest BCUT2D eigenvalue weighted by Crippen LogP contribution is 2.61. The number of hydrogen-bond donors (Lipinski definition) is 0. The van der Waals surface area contributed by atoms with Gasteiger partial charge >= 0.3 is 5.97 Å². The van der Waals surface area contributed by atoms with Gasteiger partial charge < -0.3 is 9.47 Å². The lowest BCUT2D eigenvalue weighted by atomic mass is 9.48. The summed E-state index contributed by atoms with van der Waals surface area (Å²) in [6.45, 7) is 0. The average Bonchev–Trinajstić information content (AvgIpc) is 2.52. The van der Waals surface area contributed by atoms with Gasteiger partial charge in [0.05, 0.1) is 19.8 Å². The minimum atomic E-state index is -0.256. The molecule has 0 saturated heterocycles. The van der Waals surface area contributed by atoms with Crippen LogP contribution in [0.1, 0.15) is 54.4 Å². The van der Waals surface area contributed by atoms with Gasteiger partial charge in [-0.25, -0.2) is 4.79 Å². The molecule has 1 aromatic carbocycles. The number of hydrogen-bond acceptors (Lipinski definition) is 3. The SMILES string of the molecule is COC(=O)c1ccc(OC)c(C23CC4CC(CC(C4)C2)C3)c1. The fraction of sp³-hybridized carbons (Fsp3) is 0.632. The monoisotopic (exact) mass is 300 g/mol. The van der Waals surface area contributed by atoms with Gasteiger partial charge in [0.2, 0.25) is 0 Å². The van der Waals surface area contributed by atoms with Gasteiger partial charge in [0, 0.05) is 5.56 Å². The van der Waals surface area contributed by atoms with Crippen LogP contribution in [0.2, 0.25) is 0 Å². The molecule has 4 fully saturated rings. The molecule has 0 spiro atoms. The van der Waals surface area contributed by atoms with E-state index in [1.165, 1.54) is 51.2 Å². The van der Waals surface area contributed by atoms with Crippen molar-refractivity contribution in [3.8, 4) is 5.75 Å². The van der Waals surface area contributed by atoms with Crippen LogP contribution in [0, 0.1) is 17.8 Å². The topological polar surface area (TPSA) is 35.5 Å². The molecule has 5 rings (SSSR count). The van der Waals surface area contributed by atoms with E-state index in [-0.39, 0.29) is 11.4 Å². The Morgan fingerprint density at radius 2 is 1.64 bits per heavy atom. The third-order valence-electron chi connectivity index (χ3n) is 6.23. The van der Waals surface area contributed by atoms with Crippen molar-refractivity contribution < 1.29 is 14.3 Å². The predicted octanol–water partition coefficient (Wildman–Crippen LogP) is 3.95. The van der Waals surface area contributed by atoms with Gasteiger partial charge in [0.25, 0.3) is 0 Å². The fourth-order valence-electron chi connectivity index (χ4n) is 5.81. The summed E-state index contributed by atoms with van der Waals surface area (Å²) in [6, 6.07) is 5.80. The number of methoxy groups -OCH3 is 2. The van der Waals surface area contributed by atoms with E-state index in [2.05, 4.69) is 0 Å². The van der Waals surface area contributed by atoms with Crippen molar-refractivity contribution in [3.63, 3.8) is 0 Å². The number of esters is 1. The molecule has 0 unspecified atom stereocenters. The van der Waals surface area contributed by atoms with Gasteiger partial charge in [-0.05, 0) is 79.9 Å². The minimum Gasteiger partial charge on any atom is -0.496 e. The van der Waals surface area contributed by atoms with Gasteiger partial charge in [0.15, 0.2) is 0 Å². The second-order valence-corrected chi connectivity index (χ2v) is 7.60. The first-order valence-corrected chi connectivity index (χ1v) is 8.40. The normalized spacial score (nSPS) is 35.5. The zero-order chi connectivity index (χ0) is 15.3. The van der Waals surface area contributed by atoms with E-state index < -0.39 is 0 Å². The Bertz CT molecular complexity index is 569. The van der Waals surface area contributed by atoms with Gasteiger partial charge in [-0.1, -0.05) is 0 Å². The summed E-state index contributed by atoms with van der Waals surface area (Å²) in [5.41, 5.74) is 2.12. The Labute approximate surface area is 132 Å². The van der Waals surface area contributed by atoms with E-state index in [9.17, 15) is 4.79 Å². The van der Waals surface area contributed by atoms with Gasteiger partial charge in [0.1, 0.15) is 5.75 Å². The first-order valence-electron chi connectivity index (χ1n) is 8.40. The molecule has 0 N–H and O–H groups in total. The zero-order valence-corrected chi connectivity index (χ0v) is 13.4. The summed E-state index contributed by atoms with van der Waals surface area (Å²) < 4.78 is 10.6. The lowest BCUT2D eigenvalue weighted by molar-refractivity contribution is -0.00619. The molecule has 4 bridgehead atoms. The van der Waals surface area contributed by atoms with E-state index in [0.717, 1.165) is 23.5 Å². The second kappa shape index (κ2) is 5.00. The molecule has 4 saturated carbocycles. The van der Waals surface area contributed by atoms with E-state index in [1.807, 2.05) is 18.2 Å². The molecule has 0 amide bonds. The minimum absolute atomic E-state index is 0.226. The van der Waals surface area contributed by atoms with Crippen LogP contribution >= 0.6 is 0 Å². The maximum atomic E-state index is 11.9. The van der Waals surface area contributed by atoms with Crippen molar-refractivity contribution >= 4 is 5.97 Å². The molecular weight excluding hydrogens is 276 g/mol. The molecule has 0 radical (unpaired) electrons. The van der Waals surface area contributed by atoms with E-state index in [1.54, 1.807) is 7.11 Å². The molecule has 4 aliphatic rings. The molecule has 0 aromatic heterocycles. The molecule has 3 nitrogen and oxygen atoms in total. The Morgan fingerprint density at radius 1 is 1.05 bits per heavy atom. The van der Waals surface area contributed by atoms with Crippen LogP contribution in [0.25, 0.3) is 0 Å². The van der Waals surface area contributed by atoms with E-state index >= 15 is 0 Å². The highest BCUT2D eigenvalue weighted by Gasteiger charge is 2.52. The molecule has 22 heavy (non-hydrogen) atoms. The highest BCUT2D eigenvalue weighted by molar-refractivity contribution is 5.89. The van der Waals surface area contributed by atoms with Gasteiger partial charge in [-0.15, -0.1) is 0 Å². The summed E-state index contributed by atoms with van der Waals surface area (Å²) in [7, 11) is 3.17. The van der Waals surface area contributed by atoms with Gasteiger partial charge in [-0.3, -0.25) is 0 Å². The number of carbonyl (C=O) groups is 1. The van der Waals surface area contributed by atoms with Gasteiger partial charge in [-0.2, -0.15) is 0 Å². The van der Waals surface area contributed by atoms with Crippen molar-refractivity contribution in [2.45, 2.75) is 43.9 Å². The van der Waals surface area contributed by atoms with Crippen molar-refractivity contribution in [2.75, 3.05) is 14.2 Å². The molecule has 118 valence electrons. The molecule has 0 aliphatic heterocycles. The summed E-state index contributed by atoms with van der Waals surface area (Å²) in [6.07, 6.45) is 8.04. The average molecular weight is 300 g/mol. The quantitative estimate of drug-likeness (QED) is 0.793.